The summed E-state index contributed by atoms with van der Waals surface area (Å²) >= 11 is 7.58. The number of carbonyl (C=O) groups is 3. The fourth-order valence-electron chi connectivity index (χ4n) is 3.70. The molecule has 8 nitrogen and oxygen atoms in total. The number of ether oxygens (including phenoxy) is 1. The molecule has 0 aromatic heterocycles. The van der Waals surface area contributed by atoms with E-state index in [2.05, 4.69) is 16.0 Å². The van der Waals surface area contributed by atoms with Crippen molar-refractivity contribution < 1.29 is 24.2 Å². The lowest BCUT2D eigenvalue weighted by atomic mass is 9.97. The number of rotatable bonds is 12. The van der Waals surface area contributed by atoms with Crippen molar-refractivity contribution in [2.45, 2.75) is 68.7 Å². The molecule has 0 unspecified atom stereocenters. The molecule has 3 atom stereocenters. The Kier molecular flexibility index (Phi) is 11.0. The average Bonchev–Trinajstić information content (AvgIpc) is 3.15. The number of aliphatic hydroxyl groups excluding tert-OH is 1. The van der Waals surface area contributed by atoms with Crippen LogP contribution in [-0.2, 0) is 14.3 Å². The number of alkyl carbamates (subject to hydrolysis) is 1. The third-order valence-electron chi connectivity index (χ3n) is 5.36. The van der Waals surface area contributed by atoms with Crippen molar-refractivity contribution in [2.75, 3.05) is 19.8 Å². The number of nitrogens with one attached hydrogen (secondary N) is 3. The second kappa shape index (κ2) is 13.2. The third kappa shape index (κ3) is 9.72. The van der Waals surface area contributed by atoms with E-state index < -0.39 is 28.8 Å². The minimum Gasteiger partial charge on any atom is -0.448 e. The Morgan fingerprint density at radius 2 is 2.06 bits per heavy atom. The summed E-state index contributed by atoms with van der Waals surface area (Å²) in [7, 11) is 0. The molecular weight excluding hydrogens is 478 g/mol. The zero-order valence-electron chi connectivity index (χ0n) is 20.2. The van der Waals surface area contributed by atoms with E-state index in [0.29, 0.717) is 30.8 Å². The molecule has 3 amide bonds. The molecule has 2 rings (SSSR count). The van der Waals surface area contributed by atoms with E-state index in [9.17, 15) is 19.5 Å². The average molecular weight is 514 g/mol. The van der Waals surface area contributed by atoms with Gasteiger partial charge in [-0.1, -0.05) is 31.5 Å². The van der Waals surface area contributed by atoms with Crippen LogP contribution in [0.2, 0.25) is 5.02 Å². The summed E-state index contributed by atoms with van der Waals surface area (Å²) in [5.74, 6) is -0.570. The van der Waals surface area contributed by atoms with E-state index in [4.69, 9.17) is 16.3 Å². The lowest BCUT2D eigenvalue weighted by molar-refractivity contribution is -0.126. The Labute approximate surface area is 210 Å². The number of thioether (sulfide) groups is 1. The molecular formula is C24H36ClN3O5S. The molecule has 1 saturated heterocycles. The second-order valence-electron chi connectivity index (χ2n) is 9.62. The SMILES string of the molecule is CC(C)C[C@H](NC(=O)OCC(C)(C)Sc1cccc(Cl)c1)C(=O)N[C@H](CO)C[C@@H]1CCNC1=O. The molecule has 0 spiro atoms. The van der Waals surface area contributed by atoms with Gasteiger partial charge in [0.15, 0.2) is 0 Å². The number of hydrogen-bond acceptors (Lipinski definition) is 6. The molecule has 0 saturated carbocycles. The molecule has 4 N–H and O–H groups in total. The smallest absolute Gasteiger partial charge is 0.407 e. The van der Waals surface area contributed by atoms with Crippen molar-refractivity contribution in [3.8, 4) is 0 Å². The van der Waals surface area contributed by atoms with Crippen LogP contribution in [0.4, 0.5) is 4.79 Å². The van der Waals surface area contributed by atoms with Gasteiger partial charge in [-0.15, -0.1) is 11.8 Å². The molecule has 10 heteroatoms. The predicted octanol–water partition coefficient (Wildman–Crippen LogP) is 3.35. The topological polar surface area (TPSA) is 117 Å². The first kappa shape index (κ1) is 28.3. The Morgan fingerprint density at radius 3 is 2.65 bits per heavy atom. The van der Waals surface area contributed by atoms with Gasteiger partial charge in [-0.25, -0.2) is 4.79 Å². The van der Waals surface area contributed by atoms with E-state index in [1.54, 1.807) is 6.07 Å². The van der Waals surface area contributed by atoms with Crippen LogP contribution in [0.25, 0.3) is 0 Å². The maximum Gasteiger partial charge on any atom is 0.407 e. The van der Waals surface area contributed by atoms with E-state index in [1.165, 1.54) is 11.8 Å². The van der Waals surface area contributed by atoms with Crippen LogP contribution in [0.3, 0.4) is 0 Å². The lowest BCUT2D eigenvalue weighted by Gasteiger charge is -2.26. The largest absolute Gasteiger partial charge is 0.448 e. The van der Waals surface area contributed by atoms with Gasteiger partial charge >= 0.3 is 6.09 Å². The van der Waals surface area contributed by atoms with Crippen molar-refractivity contribution in [1.29, 1.82) is 0 Å². The number of hydrogen-bond donors (Lipinski definition) is 4. The highest BCUT2D eigenvalue weighted by molar-refractivity contribution is 8.00. The van der Waals surface area contributed by atoms with Crippen LogP contribution in [0.5, 0.6) is 0 Å². The first-order valence-corrected chi connectivity index (χ1v) is 12.8. The molecule has 1 aliphatic rings. The maximum absolute atomic E-state index is 12.9. The van der Waals surface area contributed by atoms with Gasteiger partial charge in [0.2, 0.25) is 11.8 Å². The monoisotopic (exact) mass is 513 g/mol. The molecule has 1 heterocycles. The van der Waals surface area contributed by atoms with Crippen LogP contribution < -0.4 is 16.0 Å². The van der Waals surface area contributed by atoms with Gasteiger partial charge in [0, 0.05) is 27.1 Å². The van der Waals surface area contributed by atoms with Gasteiger partial charge in [0.05, 0.1) is 12.6 Å². The van der Waals surface area contributed by atoms with Gasteiger partial charge in [-0.05, 0) is 57.2 Å². The minimum absolute atomic E-state index is 0.0635. The van der Waals surface area contributed by atoms with E-state index in [0.717, 1.165) is 4.90 Å². The first-order chi connectivity index (χ1) is 16.0. The van der Waals surface area contributed by atoms with Crippen molar-refractivity contribution in [3.63, 3.8) is 0 Å². The first-order valence-electron chi connectivity index (χ1n) is 11.6. The van der Waals surface area contributed by atoms with Gasteiger partial charge in [0.1, 0.15) is 12.6 Å². The van der Waals surface area contributed by atoms with E-state index >= 15 is 0 Å². The van der Waals surface area contributed by atoms with Crippen LogP contribution in [0, 0.1) is 11.8 Å². The van der Waals surface area contributed by atoms with Crippen LogP contribution in [0.1, 0.15) is 47.0 Å². The van der Waals surface area contributed by atoms with Crippen LogP contribution in [0.15, 0.2) is 29.2 Å². The van der Waals surface area contributed by atoms with Crippen molar-refractivity contribution in [2.24, 2.45) is 11.8 Å². The van der Waals surface area contributed by atoms with Crippen molar-refractivity contribution in [3.05, 3.63) is 29.3 Å². The number of aliphatic hydroxyl groups is 1. The Hall–Kier alpha value is -1.97. The fourth-order valence-corrected chi connectivity index (χ4v) is 5.04. The molecule has 1 fully saturated rings. The Morgan fingerprint density at radius 1 is 1.32 bits per heavy atom. The molecule has 34 heavy (non-hydrogen) atoms. The van der Waals surface area contributed by atoms with Gasteiger partial charge in [-0.3, -0.25) is 9.59 Å². The van der Waals surface area contributed by atoms with Gasteiger partial charge < -0.3 is 25.8 Å². The number of amides is 3. The Balaban J connectivity index is 1.91. The summed E-state index contributed by atoms with van der Waals surface area (Å²) in [6.07, 6.45) is 0.746. The van der Waals surface area contributed by atoms with Crippen LogP contribution in [-0.4, -0.2) is 59.6 Å². The molecule has 1 aromatic carbocycles. The Bertz CT molecular complexity index is 852. The standard InChI is InChI=1S/C24H36ClN3O5S/c1-15(2)10-20(22(31)27-18(13-29)11-16-8-9-26-21(16)30)28-23(32)33-14-24(3,4)34-19-7-5-6-17(25)12-19/h5-7,12,15-16,18,20,29H,8-11,13-14H2,1-4H3,(H,26,30)(H,27,31)(H,28,32)/t16-,18-,20-/m0/s1. The molecule has 0 aliphatic carbocycles. The molecule has 190 valence electrons. The second-order valence-corrected chi connectivity index (χ2v) is 11.8. The fraction of sp³-hybridized carbons (Fsp3) is 0.625. The zero-order valence-corrected chi connectivity index (χ0v) is 21.8. The highest BCUT2D eigenvalue weighted by Crippen LogP contribution is 2.33. The summed E-state index contributed by atoms with van der Waals surface area (Å²) in [6, 6.07) is 6.07. The van der Waals surface area contributed by atoms with Gasteiger partial charge in [-0.2, -0.15) is 0 Å². The zero-order chi connectivity index (χ0) is 25.3. The number of benzene rings is 1. The summed E-state index contributed by atoms with van der Waals surface area (Å²) < 4.78 is 5.02. The summed E-state index contributed by atoms with van der Waals surface area (Å²) in [6.45, 7) is 8.25. The number of halogens is 1. The maximum atomic E-state index is 12.9. The van der Waals surface area contributed by atoms with E-state index in [1.807, 2.05) is 45.9 Å². The van der Waals surface area contributed by atoms with Crippen molar-refractivity contribution in [1.82, 2.24) is 16.0 Å². The van der Waals surface area contributed by atoms with Gasteiger partial charge in [0.25, 0.3) is 0 Å². The molecule has 0 radical (unpaired) electrons. The summed E-state index contributed by atoms with van der Waals surface area (Å²) in [5.41, 5.74) is 0. The normalized spacial score (nSPS) is 17.7. The van der Waals surface area contributed by atoms with E-state index in [-0.39, 0.29) is 31.0 Å². The summed E-state index contributed by atoms with van der Waals surface area (Å²) in [5, 5.41) is 18.5. The number of carbonyl (C=O) groups excluding carboxylic acids is 3. The van der Waals surface area contributed by atoms with Crippen molar-refractivity contribution >= 4 is 41.3 Å². The molecule has 1 aliphatic heterocycles. The van der Waals surface area contributed by atoms with Crippen LogP contribution >= 0.6 is 23.4 Å². The highest BCUT2D eigenvalue weighted by Gasteiger charge is 2.30. The highest BCUT2D eigenvalue weighted by atomic mass is 35.5. The quantitative estimate of drug-likeness (QED) is 0.318. The molecule has 0 bridgehead atoms. The summed E-state index contributed by atoms with van der Waals surface area (Å²) in [4.78, 5) is 38.2. The lowest BCUT2D eigenvalue weighted by Crippen LogP contribution is -2.51. The third-order valence-corrected chi connectivity index (χ3v) is 6.75. The molecule has 1 aromatic rings. The predicted molar refractivity (Wildman–Crippen MR) is 134 cm³/mol. The minimum atomic E-state index is -0.817.